The number of aryl methyl sites for hydroxylation is 1. The molecule has 8 heteroatoms. The zero-order valence-corrected chi connectivity index (χ0v) is 11.2. The van der Waals surface area contributed by atoms with E-state index in [9.17, 15) is 18.0 Å². The second-order valence-electron chi connectivity index (χ2n) is 5.53. The topological polar surface area (TPSA) is 66.3 Å². The van der Waals surface area contributed by atoms with Gasteiger partial charge in [0.15, 0.2) is 5.41 Å². The zero-order chi connectivity index (χ0) is 15.3. The molecule has 1 saturated heterocycles. The van der Waals surface area contributed by atoms with Gasteiger partial charge < -0.3 is 10.0 Å². The molecule has 0 radical (unpaired) electrons. The maximum atomic E-state index is 13.2. The van der Waals surface area contributed by atoms with Crippen LogP contribution in [-0.2, 0) is 17.6 Å². The van der Waals surface area contributed by atoms with Gasteiger partial charge in [0.05, 0.1) is 0 Å². The Morgan fingerprint density at radius 3 is 2.71 bits per heavy atom. The van der Waals surface area contributed by atoms with Crippen LogP contribution in [0.25, 0.3) is 0 Å². The van der Waals surface area contributed by atoms with Crippen LogP contribution in [0.3, 0.4) is 0 Å². The van der Waals surface area contributed by atoms with Gasteiger partial charge in [-0.2, -0.15) is 13.2 Å². The maximum Gasteiger partial charge on any atom is 0.406 e. The molecule has 0 bridgehead atoms. The van der Waals surface area contributed by atoms with Crippen molar-refractivity contribution in [2.45, 2.75) is 31.9 Å². The summed E-state index contributed by atoms with van der Waals surface area (Å²) in [5.74, 6) is -1.35. The van der Waals surface area contributed by atoms with Gasteiger partial charge in [-0.1, -0.05) is 0 Å². The van der Waals surface area contributed by atoms with Gasteiger partial charge in [0.2, 0.25) is 0 Å². The van der Waals surface area contributed by atoms with Gasteiger partial charge in [-0.15, -0.1) is 0 Å². The fourth-order valence-electron chi connectivity index (χ4n) is 3.13. The molecule has 1 atom stereocenters. The highest BCUT2D eigenvalue weighted by Crippen LogP contribution is 2.47. The number of carboxylic acids is 1. The molecule has 1 aliphatic carbocycles. The van der Waals surface area contributed by atoms with Crippen LogP contribution < -0.4 is 4.90 Å². The molecule has 1 unspecified atom stereocenters. The molecule has 5 nitrogen and oxygen atoms in total. The predicted octanol–water partition coefficient (Wildman–Crippen LogP) is 1.81. The highest BCUT2D eigenvalue weighted by atomic mass is 19.4. The van der Waals surface area contributed by atoms with Crippen LogP contribution in [0.5, 0.6) is 0 Å². The van der Waals surface area contributed by atoms with Gasteiger partial charge in [0.25, 0.3) is 0 Å². The molecule has 21 heavy (non-hydrogen) atoms. The molecule has 3 rings (SSSR count). The number of fused-ring (bicyclic) bond motifs is 1. The Balaban J connectivity index is 1.94. The Hall–Kier alpha value is -1.86. The van der Waals surface area contributed by atoms with Crippen molar-refractivity contribution >= 4 is 11.8 Å². The number of aliphatic carboxylic acids is 1. The second-order valence-corrected chi connectivity index (χ2v) is 5.53. The average Bonchev–Trinajstić information content (AvgIpc) is 3.04. The molecule has 0 aromatic carbocycles. The monoisotopic (exact) mass is 301 g/mol. The van der Waals surface area contributed by atoms with Crippen LogP contribution in [0.1, 0.15) is 24.1 Å². The largest absolute Gasteiger partial charge is 0.481 e. The van der Waals surface area contributed by atoms with Crippen molar-refractivity contribution in [2.75, 3.05) is 18.0 Å². The minimum absolute atomic E-state index is 0.0370. The molecule has 114 valence electrons. The lowest BCUT2D eigenvalue weighted by Crippen LogP contribution is -2.47. The number of alkyl halides is 3. The van der Waals surface area contributed by atoms with Crippen LogP contribution in [-0.4, -0.2) is 40.3 Å². The van der Waals surface area contributed by atoms with Gasteiger partial charge in [-0.25, -0.2) is 9.97 Å². The third-order valence-corrected chi connectivity index (χ3v) is 4.37. The summed E-state index contributed by atoms with van der Waals surface area (Å²) in [6.07, 6.45) is -1.46. The lowest BCUT2D eigenvalue weighted by atomic mass is 9.86. The van der Waals surface area contributed by atoms with Crippen molar-refractivity contribution in [3.8, 4) is 0 Å². The number of hydrogen-bond acceptors (Lipinski definition) is 4. The highest BCUT2D eigenvalue weighted by Gasteiger charge is 2.64. The van der Waals surface area contributed by atoms with E-state index in [0.717, 1.165) is 30.5 Å². The molecule has 0 spiro atoms. The van der Waals surface area contributed by atoms with Gasteiger partial charge >= 0.3 is 12.1 Å². The highest BCUT2D eigenvalue weighted by molar-refractivity contribution is 5.78. The van der Waals surface area contributed by atoms with Crippen molar-refractivity contribution in [3.63, 3.8) is 0 Å². The summed E-state index contributed by atoms with van der Waals surface area (Å²) in [7, 11) is 0. The molecule has 1 fully saturated rings. The van der Waals surface area contributed by atoms with E-state index in [2.05, 4.69) is 9.97 Å². The fraction of sp³-hybridized carbons (Fsp3) is 0.615. The number of aromatic nitrogens is 2. The first-order chi connectivity index (χ1) is 9.85. The smallest absolute Gasteiger partial charge is 0.406 e. The summed E-state index contributed by atoms with van der Waals surface area (Å²) in [6, 6.07) is 0. The minimum Gasteiger partial charge on any atom is -0.481 e. The summed E-state index contributed by atoms with van der Waals surface area (Å²) in [6.45, 7) is -0.551. The number of anilines is 1. The fourth-order valence-corrected chi connectivity index (χ4v) is 3.13. The lowest BCUT2D eigenvalue weighted by molar-refractivity contribution is -0.225. The van der Waals surface area contributed by atoms with Crippen LogP contribution >= 0.6 is 0 Å². The molecular formula is C13H14F3N3O2. The number of halogens is 3. The second kappa shape index (κ2) is 4.57. The van der Waals surface area contributed by atoms with E-state index in [0.29, 0.717) is 5.82 Å². The Morgan fingerprint density at radius 2 is 2.10 bits per heavy atom. The van der Waals surface area contributed by atoms with Crippen LogP contribution in [0, 0.1) is 5.41 Å². The van der Waals surface area contributed by atoms with E-state index < -0.39 is 30.5 Å². The molecule has 1 aromatic rings. The van der Waals surface area contributed by atoms with Gasteiger partial charge in [0.1, 0.15) is 12.1 Å². The minimum atomic E-state index is -4.77. The molecular weight excluding hydrogens is 287 g/mol. The summed E-state index contributed by atoms with van der Waals surface area (Å²) in [4.78, 5) is 20.9. The van der Waals surface area contributed by atoms with E-state index in [1.54, 1.807) is 0 Å². The molecule has 0 saturated carbocycles. The molecule has 1 aliphatic heterocycles. The Bertz CT molecular complexity index is 591. The number of rotatable bonds is 2. The third-order valence-electron chi connectivity index (χ3n) is 4.37. The Morgan fingerprint density at radius 1 is 1.33 bits per heavy atom. The normalized spacial score (nSPS) is 25.2. The van der Waals surface area contributed by atoms with Crippen LogP contribution in [0.2, 0.25) is 0 Å². The van der Waals surface area contributed by atoms with E-state index in [4.69, 9.17) is 5.11 Å². The van der Waals surface area contributed by atoms with Crippen molar-refractivity contribution in [1.82, 2.24) is 9.97 Å². The number of nitrogens with zero attached hydrogens (tertiary/aromatic N) is 3. The summed E-state index contributed by atoms with van der Waals surface area (Å²) < 4.78 is 39.6. The lowest BCUT2D eigenvalue weighted by Gasteiger charge is -2.28. The SMILES string of the molecule is O=C(O)C1(C(F)(F)F)CCN(c2ncnc3c2CCC3)C1. The summed E-state index contributed by atoms with van der Waals surface area (Å²) in [5, 5.41) is 9.08. The number of carbonyl (C=O) groups is 1. The number of carboxylic acid groups (broad SMARTS) is 1. The third kappa shape index (κ3) is 2.04. The van der Waals surface area contributed by atoms with E-state index >= 15 is 0 Å². The van der Waals surface area contributed by atoms with Crippen LogP contribution in [0.4, 0.5) is 19.0 Å². The molecule has 2 aliphatic rings. The number of hydrogen-bond donors (Lipinski definition) is 1. The molecule has 1 N–H and O–H groups in total. The predicted molar refractivity (Wildman–Crippen MR) is 67.0 cm³/mol. The van der Waals surface area contributed by atoms with Crippen molar-refractivity contribution in [1.29, 1.82) is 0 Å². The average molecular weight is 301 g/mol. The van der Waals surface area contributed by atoms with E-state index in [1.165, 1.54) is 11.2 Å². The van der Waals surface area contributed by atoms with E-state index in [-0.39, 0.29) is 6.54 Å². The summed E-state index contributed by atoms with van der Waals surface area (Å²) in [5.41, 5.74) is -0.982. The van der Waals surface area contributed by atoms with Crippen molar-refractivity contribution in [3.05, 3.63) is 17.6 Å². The quantitative estimate of drug-likeness (QED) is 0.902. The zero-order valence-electron chi connectivity index (χ0n) is 11.2. The standard InChI is InChI=1S/C13H14F3N3O2/c14-13(15,16)12(11(20)21)4-5-19(6-12)10-8-2-1-3-9(8)17-7-18-10/h7H,1-6H2,(H,20,21). The maximum absolute atomic E-state index is 13.2. The first kappa shape index (κ1) is 14.1. The first-order valence-corrected chi connectivity index (χ1v) is 6.73. The van der Waals surface area contributed by atoms with Gasteiger partial charge in [-0.3, -0.25) is 4.79 Å². The van der Waals surface area contributed by atoms with E-state index in [1.807, 2.05) is 0 Å². The van der Waals surface area contributed by atoms with Crippen molar-refractivity contribution in [2.24, 2.45) is 5.41 Å². The first-order valence-electron chi connectivity index (χ1n) is 6.73. The molecule has 1 aromatic heterocycles. The van der Waals surface area contributed by atoms with Gasteiger partial charge in [-0.05, 0) is 25.7 Å². The summed E-state index contributed by atoms with van der Waals surface area (Å²) >= 11 is 0. The van der Waals surface area contributed by atoms with Crippen LogP contribution in [0.15, 0.2) is 6.33 Å². The Labute approximate surface area is 118 Å². The van der Waals surface area contributed by atoms with Crippen molar-refractivity contribution < 1.29 is 23.1 Å². The molecule has 0 amide bonds. The molecule has 2 heterocycles. The Kier molecular flexibility index (Phi) is 3.07. The van der Waals surface area contributed by atoms with Gasteiger partial charge in [0, 0.05) is 24.3 Å².